The summed E-state index contributed by atoms with van der Waals surface area (Å²) < 4.78 is 83.8. The normalized spacial score (nSPS) is 47.2. The van der Waals surface area contributed by atoms with E-state index in [1.165, 1.54) is 7.05 Å². The molecule has 0 saturated carbocycles. The summed E-state index contributed by atoms with van der Waals surface area (Å²) in [6, 6.07) is 0. The van der Waals surface area contributed by atoms with Crippen molar-refractivity contribution in [3.8, 4) is 0 Å². The minimum absolute atomic E-state index is 0.0186. The second kappa shape index (κ2) is 29.4. The summed E-state index contributed by atoms with van der Waals surface area (Å²) in [5, 5.41) is 195. The lowest BCUT2D eigenvalue weighted by molar-refractivity contribution is -0.391. The van der Waals surface area contributed by atoms with Crippen molar-refractivity contribution in [2.45, 2.75) is 197 Å². The zero-order chi connectivity index (χ0) is 58.4. The molecule has 0 radical (unpaired) electrons. The number of aliphatic hydroxyl groups is 17. The minimum atomic E-state index is -5.21. The maximum Gasteiger partial charge on any atom is 0.469 e. The predicted molar refractivity (Wildman–Crippen MR) is 239 cm³/mol. The molecular weight excluding hydrogens is 1110 g/mol. The lowest BCUT2D eigenvalue weighted by Crippen LogP contribution is -2.67. The number of ether oxygens (including phenoxy) is 12. The van der Waals surface area contributed by atoms with Crippen LogP contribution >= 0.6 is 7.82 Å². The highest BCUT2D eigenvalue weighted by molar-refractivity contribution is 7.46. The average molecular weight is 1190 g/mol. The molecule has 12 unspecified atom stereocenters. The van der Waals surface area contributed by atoms with Crippen LogP contribution in [0, 0.1) is 0 Å². The summed E-state index contributed by atoms with van der Waals surface area (Å²) in [4.78, 5) is 34.3. The first-order valence-electron chi connectivity index (χ1n) is 24.6. The highest BCUT2D eigenvalue weighted by Crippen LogP contribution is 2.39. The topological polar surface area (TPSA) is 580 Å². The van der Waals surface area contributed by atoms with Gasteiger partial charge >= 0.3 is 7.82 Å². The molecular formula is C41H72NO36P. The third-order valence-electron chi connectivity index (χ3n) is 13.8. The van der Waals surface area contributed by atoms with Gasteiger partial charge in [-0.1, -0.05) is 0 Å². The molecule has 0 aromatic heterocycles. The molecule has 462 valence electrons. The largest absolute Gasteiger partial charge is 0.469 e. The molecule has 6 aliphatic heterocycles. The number of phosphoric acid groups is 1. The molecule has 38 heteroatoms. The van der Waals surface area contributed by atoms with Crippen molar-refractivity contribution in [2.24, 2.45) is 0 Å². The van der Waals surface area contributed by atoms with Crippen molar-refractivity contribution >= 4 is 13.7 Å². The Bertz CT molecular complexity index is 1900. The molecule has 1 amide bonds. The van der Waals surface area contributed by atoms with Gasteiger partial charge in [-0.05, 0) is 6.42 Å². The summed E-state index contributed by atoms with van der Waals surface area (Å²) in [6.07, 6.45) is -59.1. The lowest BCUT2D eigenvalue weighted by atomic mass is 9.96. The van der Waals surface area contributed by atoms with Crippen molar-refractivity contribution in [3.05, 3.63) is 0 Å². The van der Waals surface area contributed by atoms with E-state index in [4.69, 9.17) is 62.1 Å². The maximum atomic E-state index is 11.9. The number of rotatable bonds is 24. The van der Waals surface area contributed by atoms with Crippen LogP contribution in [0.25, 0.3) is 0 Å². The Labute approximate surface area is 446 Å². The molecule has 6 heterocycles. The van der Waals surface area contributed by atoms with Crippen LogP contribution in [0.4, 0.5) is 0 Å². The highest BCUT2D eigenvalue weighted by Gasteiger charge is 2.56. The van der Waals surface area contributed by atoms with E-state index in [-0.39, 0.29) is 19.4 Å². The Kier molecular flexibility index (Phi) is 24.8. The molecule has 6 aliphatic rings. The van der Waals surface area contributed by atoms with E-state index >= 15 is 0 Å². The Morgan fingerprint density at radius 1 is 0.430 bits per heavy atom. The molecule has 0 aliphatic carbocycles. The zero-order valence-corrected chi connectivity index (χ0v) is 42.5. The number of amides is 1. The van der Waals surface area contributed by atoms with Gasteiger partial charge in [0.25, 0.3) is 0 Å². The fraction of sp³-hybridized carbons (Fsp3) is 0.976. The van der Waals surface area contributed by atoms with E-state index in [9.17, 15) is 106 Å². The summed E-state index contributed by atoms with van der Waals surface area (Å²) >= 11 is 0. The van der Waals surface area contributed by atoms with Gasteiger partial charge in [0, 0.05) is 13.5 Å². The van der Waals surface area contributed by atoms with Crippen LogP contribution in [0.15, 0.2) is 0 Å². The van der Waals surface area contributed by atoms with E-state index in [0.717, 1.165) is 0 Å². The number of aliphatic hydroxyl groups excluding tert-OH is 17. The maximum absolute atomic E-state index is 11.9. The van der Waals surface area contributed by atoms with Crippen LogP contribution in [0.3, 0.4) is 0 Å². The van der Waals surface area contributed by atoms with Gasteiger partial charge in [0.05, 0.1) is 39.6 Å². The zero-order valence-electron chi connectivity index (χ0n) is 41.6. The molecule has 6 fully saturated rings. The number of carbonyl (C=O) groups is 1. The number of hydrogen-bond acceptors (Lipinski definition) is 34. The van der Waals surface area contributed by atoms with Gasteiger partial charge in [-0.25, -0.2) is 9.45 Å². The molecule has 0 bridgehead atoms. The molecule has 0 aromatic carbocycles. The van der Waals surface area contributed by atoms with Crippen LogP contribution in [-0.4, -0.2) is 345 Å². The summed E-state index contributed by atoms with van der Waals surface area (Å²) in [5.74, 6) is -0.404. The molecule has 37 nitrogen and oxygen atoms in total. The van der Waals surface area contributed by atoms with Crippen molar-refractivity contribution in [2.75, 3.05) is 53.3 Å². The monoisotopic (exact) mass is 1190 g/mol. The van der Waals surface area contributed by atoms with Crippen molar-refractivity contribution in [1.29, 1.82) is 0 Å². The fourth-order valence-corrected chi connectivity index (χ4v) is 9.50. The molecule has 0 spiro atoms. The first-order valence-corrected chi connectivity index (χ1v) is 26.1. The Balaban J connectivity index is 1.19. The van der Waals surface area contributed by atoms with E-state index in [1.807, 2.05) is 0 Å². The summed E-state index contributed by atoms with van der Waals surface area (Å²) in [7, 11) is -3.84. The van der Waals surface area contributed by atoms with Crippen molar-refractivity contribution in [3.63, 3.8) is 0 Å². The van der Waals surface area contributed by atoms with Crippen molar-refractivity contribution < 1.29 is 177 Å². The molecule has 6 rings (SSSR count). The summed E-state index contributed by atoms with van der Waals surface area (Å²) in [5.41, 5.74) is 0. The number of hydrogen-bond donors (Lipinski definition) is 21. The first-order chi connectivity index (χ1) is 37.3. The third kappa shape index (κ3) is 16.0. The smallest absolute Gasteiger partial charge is 0.394 e. The van der Waals surface area contributed by atoms with Crippen LogP contribution in [0.1, 0.15) is 12.8 Å². The van der Waals surface area contributed by atoms with Crippen molar-refractivity contribution in [1.82, 2.24) is 5.32 Å². The third-order valence-corrected chi connectivity index (χ3v) is 14.3. The van der Waals surface area contributed by atoms with Crippen LogP contribution in [0.5, 0.6) is 0 Å². The highest BCUT2D eigenvalue weighted by atomic mass is 31.2. The van der Waals surface area contributed by atoms with Gasteiger partial charge in [0.2, 0.25) is 5.91 Å². The van der Waals surface area contributed by atoms with E-state index in [2.05, 4.69) is 14.7 Å². The SMILES string of the molecule is CNC(=O)CCCO[C@@H]1OC(CO[C@H]2OC(CO[C@H]3OC(CO)[C@@H](O)[C@H](O)C3O[C@H]3OC(COO)[C@@H](O)[C@H](O)C3O)[C@@H](O)[C@H](O)C2O)[C@@H](O)[C@H](O[C@H]2OC(CO)[C@@H](O)[C@H](O)C2O[C@H]2OC(COP(=O)(O)O)[C@@H](O)[C@H](O)C2O)C1O. The average Bonchev–Trinajstić information content (AvgIpc) is 3.55. The fourth-order valence-electron chi connectivity index (χ4n) is 9.15. The Hall–Kier alpha value is -1.66. The second-order valence-electron chi connectivity index (χ2n) is 19.2. The number of phosphoric ester groups is 1. The Morgan fingerprint density at radius 3 is 1.29 bits per heavy atom. The number of carbonyl (C=O) groups excluding carboxylic acids is 1. The standard InChI is InChI=1S/C41H72NO36P/c1-42-17(45)3-2-4-65-37-32(60)33(76-41-35(28(56)19(47)12(6-44)71-41)78-39-31(59)26(54)22(50)16(75-39)10-69-79(62,63)64)23(51)14(73-37)8-66-36-29(57)24(52)20(48)13(72-36)7-67-40-34(27(55)18(46)11(5-43)70-40)77-38-30(58)25(53)21(49)15(74-38)9-68-61/h11-16,18-41,43-44,46-61H,2-10H2,1H3,(H,42,45)(H2,62,63,64)/t11?,12?,13?,14?,15?,16?,18-,19-,20-,21-,22-,23-,24+,25+,26+,27+,28+,29?,30?,31?,32?,33+,34?,35?,36+,37-,38-,39-,40+,41-/m1/s1. The van der Waals surface area contributed by atoms with Gasteiger partial charge in [-0.15, -0.1) is 0 Å². The van der Waals surface area contributed by atoms with E-state index in [1.54, 1.807) is 0 Å². The van der Waals surface area contributed by atoms with Gasteiger partial charge in [-0.2, -0.15) is 0 Å². The molecule has 21 N–H and O–H groups in total. The quantitative estimate of drug-likeness (QED) is 0.0185. The van der Waals surface area contributed by atoms with Crippen LogP contribution in [-0.2, 0) is 75.6 Å². The van der Waals surface area contributed by atoms with Gasteiger partial charge < -0.3 is 159 Å². The second-order valence-corrected chi connectivity index (χ2v) is 20.4. The van der Waals surface area contributed by atoms with Gasteiger partial charge in [0.15, 0.2) is 37.7 Å². The van der Waals surface area contributed by atoms with E-state index in [0.29, 0.717) is 0 Å². The number of nitrogens with one attached hydrogen (secondary N) is 1. The lowest BCUT2D eigenvalue weighted by Gasteiger charge is -2.48. The van der Waals surface area contributed by atoms with Gasteiger partial charge in [-0.3, -0.25) is 14.6 Å². The Morgan fingerprint density at radius 2 is 0.810 bits per heavy atom. The van der Waals surface area contributed by atoms with Crippen LogP contribution < -0.4 is 5.32 Å². The predicted octanol–water partition coefficient (Wildman–Crippen LogP) is -12.9. The minimum Gasteiger partial charge on any atom is -0.394 e. The molecule has 0 aromatic rings. The molecule has 6 saturated heterocycles. The van der Waals surface area contributed by atoms with E-state index < -0.39 is 238 Å². The molecule has 79 heavy (non-hydrogen) atoms. The summed E-state index contributed by atoms with van der Waals surface area (Å²) in [6.45, 7) is -5.89. The molecule has 30 atom stereocenters. The van der Waals surface area contributed by atoms with Gasteiger partial charge in [0.1, 0.15) is 153 Å². The van der Waals surface area contributed by atoms with Crippen LogP contribution in [0.2, 0.25) is 0 Å². The first kappa shape index (κ1) is 66.5.